The Morgan fingerprint density at radius 1 is 1.38 bits per heavy atom. The van der Waals surface area contributed by atoms with Crippen LogP contribution in [0.3, 0.4) is 0 Å². The first kappa shape index (κ1) is 13.5. The third kappa shape index (κ3) is 3.20. The molecular weight excluding hydrogens is 272 g/mol. The highest BCUT2D eigenvalue weighted by atomic mass is 79.9. The number of ether oxygens (including phenoxy) is 1. The number of benzene rings is 1. The SMILES string of the molecule is COc1ccc(C)cc1C(O)C(O)CCBr. The highest BCUT2D eigenvalue weighted by Crippen LogP contribution is 2.29. The zero-order valence-electron chi connectivity index (χ0n) is 9.48. The number of aryl methyl sites for hydroxylation is 1. The molecule has 0 aromatic heterocycles. The summed E-state index contributed by atoms with van der Waals surface area (Å²) in [5.41, 5.74) is 1.66. The number of alkyl halides is 1. The molecule has 0 amide bonds. The zero-order valence-corrected chi connectivity index (χ0v) is 11.1. The molecule has 16 heavy (non-hydrogen) atoms. The van der Waals surface area contributed by atoms with Crippen molar-refractivity contribution in [2.45, 2.75) is 25.6 Å². The van der Waals surface area contributed by atoms with Crippen molar-refractivity contribution in [2.24, 2.45) is 0 Å². The van der Waals surface area contributed by atoms with Gasteiger partial charge in [-0.25, -0.2) is 0 Å². The van der Waals surface area contributed by atoms with Crippen molar-refractivity contribution >= 4 is 15.9 Å². The average Bonchev–Trinajstić information content (AvgIpc) is 2.28. The number of hydrogen-bond donors (Lipinski definition) is 2. The number of rotatable bonds is 5. The van der Waals surface area contributed by atoms with Crippen LogP contribution in [0.4, 0.5) is 0 Å². The maximum Gasteiger partial charge on any atom is 0.124 e. The normalized spacial score (nSPS) is 14.6. The Balaban J connectivity index is 2.96. The van der Waals surface area contributed by atoms with Crippen molar-refractivity contribution in [1.29, 1.82) is 0 Å². The van der Waals surface area contributed by atoms with E-state index >= 15 is 0 Å². The molecule has 4 heteroatoms. The van der Waals surface area contributed by atoms with Crippen molar-refractivity contribution in [3.63, 3.8) is 0 Å². The lowest BCUT2D eigenvalue weighted by atomic mass is 10.00. The highest BCUT2D eigenvalue weighted by Gasteiger charge is 2.21. The Kier molecular flexibility index (Phi) is 5.25. The van der Waals surface area contributed by atoms with E-state index in [0.29, 0.717) is 23.1 Å². The molecule has 2 N–H and O–H groups in total. The van der Waals surface area contributed by atoms with Gasteiger partial charge in [-0.1, -0.05) is 27.6 Å². The van der Waals surface area contributed by atoms with E-state index in [1.165, 1.54) is 0 Å². The first-order valence-electron chi connectivity index (χ1n) is 5.16. The Bertz CT molecular complexity index is 341. The van der Waals surface area contributed by atoms with Crippen LogP contribution in [-0.4, -0.2) is 28.8 Å². The molecule has 0 bridgehead atoms. The van der Waals surface area contributed by atoms with Gasteiger partial charge in [0.25, 0.3) is 0 Å². The summed E-state index contributed by atoms with van der Waals surface area (Å²) in [5.74, 6) is 0.603. The van der Waals surface area contributed by atoms with Crippen LogP contribution in [0.25, 0.3) is 0 Å². The minimum absolute atomic E-state index is 0.498. The van der Waals surface area contributed by atoms with E-state index in [0.717, 1.165) is 5.56 Å². The summed E-state index contributed by atoms with van der Waals surface area (Å²) in [6.45, 7) is 1.94. The highest BCUT2D eigenvalue weighted by molar-refractivity contribution is 9.09. The fourth-order valence-corrected chi connectivity index (χ4v) is 2.03. The summed E-state index contributed by atoms with van der Waals surface area (Å²) in [6, 6.07) is 5.54. The summed E-state index contributed by atoms with van der Waals surface area (Å²) in [4.78, 5) is 0. The number of aliphatic hydroxyl groups excluding tert-OH is 2. The molecule has 0 spiro atoms. The third-order valence-corrected chi connectivity index (χ3v) is 2.93. The van der Waals surface area contributed by atoms with Crippen LogP contribution in [0.2, 0.25) is 0 Å². The predicted octanol–water partition coefficient (Wildman–Crippen LogP) is 2.18. The van der Waals surface area contributed by atoms with Crippen molar-refractivity contribution < 1.29 is 14.9 Å². The van der Waals surface area contributed by atoms with E-state index in [1.54, 1.807) is 13.2 Å². The van der Waals surface area contributed by atoms with Crippen molar-refractivity contribution in [1.82, 2.24) is 0 Å². The lowest BCUT2D eigenvalue weighted by Crippen LogP contribution is -2.19. The molecule has 0 fully saturated rings. The Labute approximate surface area is 104 Å². The number of methoxy groups -OCH3 is 1. The van der Waals surface area contributed by atoms with Crippen LogP contribution in [0, 0.1) is 6.92 Å². The van der Waals surface area contributed by atoms with Crippen molar-refractivity contribution in [3.05, 3.63) is 29.3 Å². The van der Waals surface area contributed by atoms with Gasteiger partial charge in [-0.3, -0.25) is 0 Å². The minimum Gasteiger partial charge on any atom is -0.496 e. The van der Waals surface area contributed by atoms with Crippen LogP contribution in [-0.2, 0) is 0 Å². The predicted molar refractivity (Wildman–Crippen MR) is 67.1 cm³/mol. The number of aliphatic hydroxyl groups is 2. The van der Waals surface area contributed by atoms with E-state index in [1.807, 2.05) is 19.1 Å². The summed E-state index contributed by atoms with van der Waals surface area (Å²) in [5, 5.41) is 20.4. The third-order valence-electron chi connectivity index (χ3n) is 2.47. The van der Waals surface area contributed by atoms with Gasteiger partial charge in [0.05, 0.1) is 13.2 Å². The summed E-state index contributed by atoms with van der Waals surface area (Å²) in [7, 11) is 1.55. The van der Waals surface area contributed by atoms with Crippen LogP contribution >= 0.6 is 15.9 Å². The first-order valence-corrected chi connectivity index (χ1v) is 6.29. The molecule has 0 radical (unpaired) electrons. The van der Waals surface area contributed by atoms with Crippen LogP contribution in [0.1, 0.15) is 23.7 Å². The zero-order chi connectivity index (χ0) is 12.1. The molecule has 0 aliphatic carbocycles. The monoisotopic (exact) mass is 288 g/mol. The first-order chi connectivity index (χ1) is 7.60. The van der Waals surface area contributed by atoms with Gasteiger partial charge >= 0.3 is 0 Å². The van der Waals surface area contributed by atoms with Gasteiger partial charge in [0.1, 0.15) is 11.9 Å². The van der Waals surface area contributed by atoms with E-state index < -0.39 is 12.2 Å². The van der Waals surface area contributed by atoms with Crippen molar-refractivity contribution in [3.8, 4) is 5.75 Å². The van der Waals surface area contributed by atoms with Gasteiger partial charge in [-0.05, 0) is 25.5 Å². The minimum atomic E-state index is -0.910. The summed E-state index contributed by atoms with van der Waals surface area (Å²) < 4.78 is 5.17. The van der Waals surface area contributed by atoms with Gasteiger partial charge < -0.3 is 14.9 Å². The van der Waals surface area contributed by atoms with Gasteiger partial charge in [-0.15, -0.1) is 0 Å². The largest absolute Gasteiger partial charge is 0.496 e. The van der Waals surface area contributed by atoms with E-state index in [2.05, 4.69) is 15.9 Å². The van der Waals surface area contributed by atoms with Crippen molar-refractivity contribution in [2.75, 3.05) is 12.4 Å². The molecule has 0 heterocycles. The molecule has 1 aromatic rings. The van der Waals surface area contributed by atoms with Gasteiger partial charge in [-0.2, -0.15) is 0 Å². The molecule has 1 aromatic carbocycles. The maximum atomic E-state index is 10.0. The number of hydrogen-bond acceptors (Lipinski definition) is 3. The Hall–Kier alpha value is -0.580. The smallest absolute Gasteiger partial charge is 0.124 e. The molecule has 0 aliphatic rings. The molecule has 90 valence electrons. The second-order valence-corrected chi connectivity index (χ2v) is 4.53. The van der Waals surface area contributed by atoms with Crippen LogP contribution < -0.4 is 4.74 Å². The Morgan fingerprint density at radius 3 is 2.62 bits per heavy atom. The molecule has 2 atom stereocenters. The maximum absolute atomic E-state index is 10.0. The lowest BCUT2D eigenvalue weighted by Gasteiger charge is -2.20. The second kappa shape index (κ2) is 6.23. The van der Waals surface area contributed by atoms with Gasteiger partial charge in [0.15, 0.2) is 0 Å². The van der Waals surface area contributed by atoms with E-state index in [-0.39, 0.29) is 0 Å². The average molecular weight is 289 g/mol. The lowest BCUT2D eigenvalue weighted by molar-refractivity contribution is 0.0160. The standard InChI is InChI=1S/C12H17BrO3/c1-8-3-4-11(16-2)9(7-8)12(15)10(14)5-6-13/h3-4,7,10,12,14-15H,5-6H2,1-2H3. The fraction of sp³-hybridized carbons (Fsp3) is 0.500. The molecule has 0 saturated carbocycles. The van der Waals surface area contributed by atoms with Crippen LogP contribution in [0.5, 0.6) is 5.75 Å². The van der Waals surface area contributed by atoms with E-state index in [9.17, 15) is 10.2 Å². The molecule has 1 rings (SSSR count). The van der Waals surface area contributed by atoms with E-state index in [4.69, 9.17) is 4.74 Å². The molecular formula is C12H17BrO3. The van der Waals surface area contributed by atoms with Crippen LogP contribution in [0.15, 0.2) is 18.2 Å². The second-order valence-electron chi connectivity index (χ2n) is 3.74. The van der Waals surface area contributed by atoms with Gasteiger partial charge in [0.2, 0.25) is 0 Å². The molecule has 3 nitrogen and oxygen atoms in total. The summed E-state index contributed by atoms with van der Waals surface area (Å²) >= 11 is 3.24. The molecule has 2 unspecified atom stereocenters. The summed E-state index contributed by atoms with van der Waals surface area (Å²) in [6.07, 6.45) is -1.19. The molecule has 0 aliphatic heterocycles. The quantitative estimate of drug-likeness (QED) is 0.817. The fourth-order valence-electron chi connectivity index (χ4n) is 1.56. The Morgan fingerprint density at radius 2 is 2.06 bits per heavy atom. The number of halogens is 1. The topological polar surface area (TPSA) is 49.7 Å². The van der Waals surface area contributed by atoms with Gasteiger partial charge in [0, 0.05) is 10.9 Å². The molecule has 0 saturated heterocycles.